The Morgan fingerprint density at radius 2 is 1.56 bits per heavy atom. The van der Waals surface area contributed by atoms with Gasteiger partial charge < -0.3 is 24.9 Å². The lowest BCUT2D eigenvalue weighted by Crippen LogP contribution is -2.28. The van der Waals surface area contributed by atoms with Crippen molar-refractivity contribution in [1.29, 1.82) is 0 Å². The zero-order valence-corrected chi connectivity index (χ0v) is 23.1. The number of carbonyl (C=O) groups excluding carboxylic acids is 1. The van der Waals surface area contributed by atoms with E-state index in [1.165, 1.54) is 24.3 Å². The molecule has 1 aliphatic heterocycles. The highest BCUT2D eigenvalue weighted by atomic mass is 31.2. The number of halogens is 1. The van der Waals surface area contributed by atoms with E-state index in [0.717, 1.165) is 5.69 Å². The fraction of sp³-hybridized carbons (Fsp3) is 0.219. The molecule has 7 nitrogen and oxygen atoms in total. The molecular formula is C32H31FNO6P. The number of carbonyl (C=O) groups is 1. The first-order chi connectivity index (χ1) is 19.6. The van der Waals surface area contributed by atoms with Crippen LogP contribution in [-0.4, -0.2) is 25.9 Å². The third-order valence-electron chi connectivity index (χ3n) is 7.66. The number of phenols is 1. The molecule has 0 bridgehead atoms. The second-order valence-corrected chi connectivity index (χ2v) is 12.0. The molecule has 0 radical (unpaired) electrons. The molecule has 1 saturated heterocycles. The summed E-state index contributed by atoms with van der Waals surface area (Å²) in [5.41, 5.74) is 3.31. The predicted octanol–water partition coefficient (Wildman–Crippen LogP) is 6.00. The Kier molecular flexibility index (Phi) is 8.38. The minimum Gasteiger partial charge on any atom is -0.508 e. The van der Waals surface area contributed by atoms with Crippen LogP contribution in [0.15, 0.2) is 97.1 Å². The van der Waals surface area contributed by atoms with Crippen LogP contribution in [-0.2, 0) is 9.36 Å². The molecule has 0 aromatic heterocycles. The van der Waals surface area contributed by atoms with Gasteiger partial charge in [-0.2, -0.15) is 0 Å². The molecule has 212 valence electrons. The number of aliphatic hydroxyl groups is 1. The van der Waals surface area contributed by atoms with Gasteiger partial charge >= 0.3 is 7.60 Å². The van der Waals surface area contributed by atoms with Crippen molar-refractivity contribution in [2.24, 2.45) is 5.92 Å². The van der Waals surface area contributed by atoms with Crippen molar-refractivity contribution in [1.82, 2.24) is 0 Å². The minimum atomic E-state index is -4.36. The van der Waals surface area contributed by atoms with Crippen LogP contribution in [0, 0.1) is 11.7 Å². The van der Waals surface area contributed by atoms with E-state index in [4.69, 9.17) is 0 Å². The third kappa shape index (κ3) is 6.42. The third-order valence-corrected chi connectivity index (χ3v) is 8.63. The van der Waals surface area contributed by atoms with Crippen molar-refractivity contribution in [3.05, 3.63) is 114 Å². The fourth-order valence-electron chi connectivity index (χ4n) is 5.59. The van der Waals surface area contributed by atoms with Crippen molar-refractivity contribution in [2.75, 3.05) is 4.90 Å². The lowest BCUT2D eigenvalue weighted by atomic mass is 9.87. The van der Waals surface area contributed by atoms with Gasteiger partial charge in [-0.05, 0) is 77.9 Å². The van der Waals surface area contributed by atoms with E-state index in [-0.39, 0.29) is 35.1 Å². The van der Waals surface area contributed by atoms with E-state index in [1.54, 1.807) is 41.3 Å². The normalized spacial score (nSPS) is 18.0. The summed E-state index contributed by atoms with van der Waals surface area (Å²) < 4.78 is 24.8. The largest absolute Gasteiger partial charge is 0.508 e. The molecule has 0 saturated carbocycles. The number of phenolic OH excluding ortho intramolecular Hbond substituents is 1. The van der Waals surface area contributed by atoms with E-state index in [9.17, 15) is 33.7 Å². The highest BCUT2D eigenvalue weighted by molar-refractivity contribution is 7.60. The Hall–Kier alpha value is -3.81. The number of nitrogens with zero attached hydrogens (tertiary/aromatic N) is 1. The molecule has 1 heterocycles. The number of benzene rings is 4. The summed E-state index contributed by atoms with van der Waals surface area (Å²) in [5.74, 6) is -0.527. The summed E-state index contributed by atoms with van der Waals surface area (Å²) in [6.45, 7) is 0. The van der Waals surface area contributed by atoms with Gasteiger partial charge in [-0.1, -0.05) is 61.0 Å². The zero-order valence-electron chi connectivity index (χ0n) is 22.2. The van der Waals surface area contributed by atoms with Crippen LogP contribution in [0.1, 0.15) is 49.0 Å². The van der Waals surface area contributed by atoms with Crippen molar-refractivity contribution < 1.29 is 33.7 Å². The lowest BCUT2D eigenvalue weighted by Gasteiger charge is -2.30. The van der Waals surface area contributed by atoms with Crippen LogP contribution in [0.3, 0.4) is 0 Å². The fourth-order valence-corrected chi connectivity index (χ4v) is 6.13. The average Bonchev–Trinajstić information content (AvgIpc) is 3.28. The summed E-state index contributed by atoms with van der Waals surface area (Å²) in [6, 6.07) is 25.8. The Morgan fingerprint density at radius 3 is 2.20 bits per heavy atom. The first-order valence-corrected chi connectivity index (χ1v) is 15.0. The molecule has 3 atom stereocenters. The zero-order chi connectivity index (χ0) is 29.1. The van der Waals surface area contributed by atoms with Crippen molar-refractivity contribution in [3.8, 4) is 16.9 Å². The number of rotatable bonds is 9. The lowest BCUT2D eigenvalue weighted by molar-refractivity contribution is -0.117. The number of hydrogen-bond donors (Lipinski definition) is 4. The number of amides is 1. The summed E-state index contributed by atoms with van der Waals surface area (Å²) in [6.07, 6.45) is 1.24. The molecule has 0 aliphatic carbocycles. The minimum absolute atomic E-state index is 0.0125. The van der Waals surface area contributed by atoms with Crippen molar-refractivity contribution >= 4 is 24.5 Å². The maximum atomic E-state index is 13.3. The molecule has 1 aliphatic rings. The van der Waals surface area contributed by atoms with Crippen molar-refractivity contribution in [3.63, 3.8) is 0 Å². The second kappa shape index (κ2) is 12.0. The van der Waals surface area contributed by atoms with Crippen LogP contribution in [0.5, 0.6) is 5.75 Å². The van der Waals surface area contributed by atoms with Crippen LogP contribution in [0.4, 0.5) is 10.1 Å². The monoisotopic (exact) mass is 575 g/mol. The summed E-state index contributed by atoms with van der Waals surface area (Å²) >= 11 is 0. The van der Waals surface area contributed by atoms with Crippen LogP contribution in [0.25, 0.3) is 11.1 Å². The van der Waals surface area contributed by atoms with Gasteiger partial charge in [0.1, 0.15) is 11.6 Å². The Balaban J connectivity index is 1.40. The molecular weight excluding hydrogens is 544 g/mol. The standard InChI is InChI=1S/C32H31FNO6P/c33-25-14-9-22(10-15-25)29(35)8-4-5-24-20-31(37)34(26-6-2-1-3-7-26)32(24)28-18-13-23(19-30(28)36)21-11-16-27(17-12-21)41(38,39)40/h1-3,6-7,9-19,24,29,32,35-36H,4-5,8,20H2,(H2,38,39,40)/t24-,29+,32+/m1/s1. The predicted molar refractivity (Wildman–Crippen MR) is 155 cm³/mol. The molecule has 4 aromatic carbocycles. The first kappa shape index (κ1) is 28.7. The summed E-state index contributed by atoms with van der Waals surface area (Å²) in [5, 5.41) is 21.7. The maximum Gasteiger partial charge on any atom is 0.356 e. The molecule has 0 unspecified atom stereocenters. The smallest absolute Gasteiger partial charge is 0.356 e. The van der Waals surface area contributed by atoms with Gasteiger partial charge in [0.2, 0.25) is 5.91 Å². The first-order valence-electron chi connectivity index (χ1n) is 13.4. The molecule has 9 heteroatoms. The van der Waals surface area contributed by atoms with Gasteiger partial charge in [0.25, 0.3) is 0 Å². The van der Waals surface area contributed by atoms with E-state index < -0.39 is 19.7 Å². The Labute approximate surface area is 237 Å². The van der Waals surface area contributed by atoms with Crippen LogP contribution in [0.2, 0.25) is 0 Å². The summed E-state index contributed by atoms with van der Waals surface area (Å²) in [4.78, 5) is 33.8. The van der Waals surface area contributed by atoms with Gasteiger partial charge in [-0.15, -0.1) is 0 Å². The highest BCUT2D eigenvalue weighted by Gasteiger charge is 2.42. The van der Waals surface area contributed by atoms with E-state index >= 15 is 0 Å². The van der Waals surface area contributed by atoms with Gasteiger partial charge in [0.15, 0.2) is 0 Å². The van der Waals surface area contributed by atoms with E-state index in [0.29, 0.717) is 41.5 Å². The van der Waals surface area contributed by atoms with Gasteiger partial charge in [0.05, 0.1) is 17.5 Å². The van der Waals surface area contributed by atoms with Crippen LogP contribution >= 0.6 is 7.60 Å². The van der Waals surface area contributed by atoms with Gasteiger partial charge in [-0.25, -0.2) is 4.39 Å². The van der Waals surface area contributed by atoms with Crippen LogP contribution < -0.4 is 10.2 Å². The molecule has 0 spiro atoms. The average molecular weight is 576 g/mol. The molecule has 41 heavy (non-hydrogen) atoms. The summed E-state index contributed by atoms with van der Waals surface area (Å²) in [7, 11) is -4.36. The number of hydrogen-bond acceptors (Lipinski definition) is 4. The topological polar surface area (TPSA) is 118 Å². The molecule has 5 rings (SSSR count). The number of anilines is 1. The Bertz CT molecular complexity index is 1560. The van der Waals surface area contributed by atoms with Gasteiger partial charge in [0, 0.05) is 17.7 Å². The SMILES string of the molecule is O=C1C[C@@H](CCC[C@H](O)c2ccc(F)cc2)[C@@H](c2ccc(-c3ccc(P(=O)(O)O)cc3)cc2O)N1c1ccccc1. The quantitative estimate of drug-likeness (QED) is 0.182. The number of aromatic hydroxyl groups is 1. The highest BCUT2D eigenvalue weighted by Crippen LogP contribution is 2.47. The van der Waals surface area contributed by atoms with Crippen molar-refractivity contribution in [2.45, 2.75) is 37.8 Å². The van der Waals surface area contributed by atoms with Gasteiger partial charge in [-0.3, -0.25) is 9.36 Å². The maximum absolute atomic E-state index is 13.3. The molecule has 4 aromatic rings. The Morgan fingerprint density at radius 1 is 0.902 bits per heavy atom. The number of aliphatic hydroxyl groups excluding tert-OH is 1. The van der Waals surface area contributed by atoms with E-state index in [2.05, 4.69) is 0 Å². The number of para-hydroxylation sites is 1. The molecule has 1 fully saturated rings. The second-order valence-electron chi connectivity index (χ2n) is 10.4. The molecule has 1 amide bonds. The molecule has 4 N–H and O–H groups in total. The van der Waals surface area contributed by atoms with E-state index in [1.807, 2.05) is 36.4 Å².